The van der Waals surface area contributed by atoms with E-state index < -0.39 is 11.9 Å². The zero-order chi connectivity index (χ0) is 24.2. The first-order chi connectivity index (χ1) is 16.2. The molecule has 0 bridgehead atoms. The second-order valence-electron chi connectivity index (χ2n) is 9.58. The number of alkyl halides is 3. The van der Waals surface area contributed by atoms with Gasteiger partial charge in [0.15, 0.2) is 5.69 Å². The van der Waals surface area contributed by atoms with Crippen LogP contribution in [0.1, 0.15) is 53.8 Å². The van der Waals surface area contributed by atoms with Gasteiger partial charge in [-0.2, -0.15) is 23.4 Å². The van der Waals surface area contributed by atoms with Crippen molar-refractivity contribution < 1.29 is 13.2 Å². The Morgan fingerprint density at radius 1 is 1.24 bits per heavy atom. The zero-order valence-corrected chi connectivity index (χ0v) is 19.9. The van der Waals surface area contributed by atoms with Crippen molar-refractivity contribution in [2.24, 2.45) is 5.10 Å². The maximum atomic E-state index is 13.8. The predicted molar refractivity (Wildman–Crippen MR) is 125 cm³/mol. The molecule has 0 radical (unpaired) electrons. The topological polar surface area (TPSA) is 72.4 Å². The Kier molecular flexibility index (Phi) is 5.66. The smallest absolute Gasteiger partial charge is 0.368 e. The first-order valence-corrected chi connectivity index (χ1v) is 11.8. The van der Waals surface area contributed by atoms with Crippen molar-refractivity contribution in [3.05, 3.63) is 40.4 Å². The lowest BCUT2D eigenvalue weighted by molar-refractivity contribution is -0.140. The van der Waals surface area contributed by atoms with Crippen LogP contribution in [0.25, 0.3) is 17.0 Å². The summed E-state index contributed by atoms with van der Waals surface area (Å²) in [5.74, 6) is 0.00888. The second-order valence-corrected chi connectivity index (χ2v) is 9.58. The number of aromatic amines is 1. The summed E-state index contributed by atoms with van der Waals surface area (Å²) in [6, 6.07) is 0.432. The number of hydrazone groups is 1. The monoisotopic (exact) mass is 473 g/mol. The van der Waals surface area contributed by atoms with Crippen molar-refractivity contribution in [3.8, 4) is 11.3 Å². The van der Waals surface area contributed by atoms with Gasteiger partial charge in [-0.25, -0.2) is 4.98 Å². The van der Waals surface area contributed by atoms with Gasteiger partial charge in [-0.15, -0.1) is 0 Å². The molecule has 182 valence electrons. The highest BCUT2D eigenvalue weighted by molar-refractivity contribution is 5.83. The molecule has 0 aromatic carbocycles. The standard InChI is InChI=1S/C24H30F3N7/c1-5-6-15-13(2)20-16-10-28-31-18(16)9-19(34-8-7-14(12-34)33(3)4)22(20)30-21(15)17-11-29-32-23(17)24(25,26)27/h9-11,14,16,18,31H,5-8,12H2,1-4H3,(H,29,32)/t14-,16?,18?/m0/s1. The Bertz CT molecular complexity index is 1150. The van der Waals surface area contributed by atoms with Crippen molar-refractivity contribution in [1.82, 2.24) is 30.4 Å². The van der Waals surface area contributed by atoms with E-state index in [2.05, 4.69) is 50.7 Å². The number of hydrogen-bond donors (Lipinski definition) is 2. The summed E-state index contributed by atoms with van der Waals surface area (Å²) in [6.45, 7) is 5.77. The number of halogens is 3. The zero-order valence-electron chi connectivity index (χ0n) is 19.9. The molecule has 2 aromatic rings. The van der Waals surface area contributed by atoms with Gasteiger partial charge in [-0.3, -0.25) is 5.10 Å². The van der Waals surface area contributed by atoms with Crippen molar-refractivity contribution in [2.45, 2.75) is 57.3 Å². The molecule has 0 amide bonds. The fraction of sp³-hybridized carbons (Fsp3) is 0.542. The summed E-state index contributed by atoms with van der Waals surface area (Å²) in [6.07, 6.45) is 3.26. The summed E-state index contributed by atoms with van der Waals surface area (Å²) in [5.41, 5.74) is 7.30. The number of aromatic nitrogens is 3. The van der Waals surface area contributed by atoms with E-state index in [4.69, 9.17) is 4.98 Å². The number of H-pyrrole nitrogens is 1. The molecule has 34 heavy (non-hydrogen) atoms. The minimum absolute atomic E-state index is 0.00845. The van der Waals surface area contributed by atoms with Gasteiger partial charge in [-0.1, -0.05) is 13.3 Å². The van der Waals surface area contributed by atoms with Gasteiger partial charge in [0.25, 0.3) is 0 Å². The molecule has 2 unspecified atom stereocenters. The van der Waals surface area contributed by atoms with Crippen LogP contribution in [0.5, 0.6) is 0 Å². The molecule has 10 heteroatoms. The van der Waals surface area contributed by atoms with Crippen molar-refractivity contribution in [1.29, 1.82) is 0 Å². The molecular formula is C24H30F3N7. The van der Waals surface area contributed by atoms with Gasteiger partial charge in [0, 0.05) is 37.5 Å². The van der Waals surface area contributed by atoms with Crippen LogP contribution in [0.2, 0.25) is 0 Å². The number of hydrogen-bond acceptors (Lipinski definition) is 6. The number of likely N-dealkylation sites (N-methyl/N-ethyl adjacent to an activating group) is 1. The van der Waals surface area contributed by atoms with E-state index in [0.29, 0.717) is 18.2 Å². The highest BCUT2D eigenvalue weighted by Crippen LogP contribution is 2.44. The minimum Gasteiger partial charge on any atom is -0.368 e. The SMILES string of the molecule is CCCc1c(-c2c[nH]nc2C(F)(F)F)nc2c(c1C)C1C=NNC1C=C2N1CC[C@H](N(C)C)C1. The fourth-order valence-electron chi connectivity index (χ4n) is 5.49. The van der Waals surface area contributed by atoms with Gasteiger partial charge in [0.1, 0.15) is 0 Å². The number of nitrogens with one attached hydrogen (secondary N) is 2. The summed E-state index contributed by atoms with van der Waals surface area (Å²) < 4.78 is 41.3. The highest BCUT2D eigenvalue weighted by Gasteiger charge is 2.41. The van der Waals surface area contributed by atoms with Crippen LogP contribution in [0.4, 0.5) is 13.2 Å². The molecule has 2 aromatic heterocycles. The van der Waals surface area contributed by atoms with Crippen LogP contribution in [0.3, 0.4) is 0 Å². The molecule has 1 saturated heterocycles. The molecule has 0 saturated carbocycles. The molecule has 1 aliphatic carbocycles. The first kappa shape index (κ1) is 22.9. The largest absolute Gasteiger partial charge is 0.435 e. The van der Waals surface area contributed by atoms with E-state index in [1.165, 1.54) is 6.20 Å². The third-order valence-corrected chi connectivity index (χ3v) is 7.28. The van der Waals surface area contributed by atoms with E-state index in [1.807, 2.05) is 20.1 Å². The van der Waals surface area contributed by atoms with Gasteiger partial charge in [0.05, 0.1) is 28.7 Å². The average Bonchev–Trinajstić information content (AvgIpc) is 3.53. The van der Waals surface area contributed by atoms with E-state index in [0.717, 1.165) is 54.0 Å². The molecule has 2 N–H and O–H groups in total. The molecular weight excluding hydrogens is 443 g/mol. The van der Waals surface area contributed by atoms with Crippen molar-refractivity contribution in [2.75, 3.05) is 27.2 Å². The van der Waals surface area contributed by atoms with Crippen molar-refractivity contribution >= 4 is 11.9 Å². The molecule has 5 rings (SSSR count). The number of pyridine rings is 1. The molecule has 7 nitrogen and oxygen atoms in total. The maximum absolute atomic E-state index is 13.8. The lowest BCUT2D eigenvalue weighted by Crippen LogP contribution is -2.35. The fourth-order valence-corrected chi connectivity index (χ4v) is 5.49. The first-order valence-electron chi connectivity index (χ1n) is 11.8. The van der Waals surface area contributed by atoms with Gasteiger partial charge in [-0.05, 0) is 56.6 Å². The van der Waals surface area contributed by atoms with Crippen LogP contribution in [-0.4, -0.2) is 70.5 Å². The van der Waals surface area contributed by atoms with Crippen molar-refractivity contribution in [3.63, 3.8) is 0 Å². The van der Waals surface area contributed by atoms with E-state index in [-0.39, 0.29) is 17.5 Å². The van der Waals surface area contributed by atoms with E-state index in [1.54, 1.807) is 0 Å². The normalized spacial score (nSPS) is 23.8. The van der Waals surface area contributed by atoms with E-state index in [9.17, 15) is 13.2 Å². The average molecular weight is 474 g/mol. The molecule has 3 aliphatic rings. The second kappa shape index (κ2) is 8.41. The molecule has 2 aliphatic heterocycles. The Balaban J connectivity index is 1.71. The molecule has 3 atom stereocenters. The van der Waals surface area contributed by atoms with Crippen LogP contribution < -0.4 is 5.43 Å². The Hall–Kier alpha value is -2.88. The summed E-state index contributed by atoms with van der Waals surface area (Å²) in [5, 5.41) is 10.3. The van der Waals surface area contributed by atoms with Crippen LogP contribution in [0, 0.1) is 6.92 Å². The lowest BCUT2D eigenvalue weighted by atomic mass is 9.80. The third kappa shape index (κ3) is 3.68. The van der Waals surface area contributed by atoms with Crippen LogP contribution in [-0.2, 0) is 12.6 Å². The molecule has 4 heterocycles. The summed E-state index contributed by atoms with van der Waals surface area (Å²) in [7, 11) is 4.16. The number of rotatable bonds is 5. The number of nitrogens with zero attached hydrogens (tertiary/aromatic N) is 5. The lowest BCUT2D eigenvalue weighted by Gasteiger charge is -2.34. The van der Waals surface area contributed by atoms with Gasteiger partial charge in [0.2, 0.25) is 0 Å². The quantitative estimate of drug-likeness (QED) is 0.692. The predicted octanol–water partition coefficient (Wildman–Crippen LogP) is 3.78. The van der Waals surface area contributed by atoms with E-state index >= 15 is 0 Å². The maximum Gasteiger partial charge on any atom is 0.435 e. The highest BCUT2D eigenvalue weighted by atomic mass is 19.4. The molecule has 1 fully saturated rings. The number of fused-ring (bicyclic) bond motifs is 3. The summed E-state index contributed by atoms with van der Waals surface area (Å²) >= 11 is 0. The van der Waals surface area contributed by atoms with Crippen LogP contribution >= 0.6 is 0 Å². The molecule has 0 spiro atoms. The van der Waals surface area contributed by atoms with Gasteiger partial charge < -0.3 is 15.2 Å². The Labute approximate surface area is 197 Å². The Morgan fingerprint density at radius 2 is 2.03 bits per heavy atom. The number of likely N-dealkylation sites (tertiary alicyclic amines) is 1. The van der Waals surface area contributed by atoms with Crippen LogP contribution in [0.15, 0.2) is 17.4 Å². The Morgan fingerprint density at radius 3 is 2.71 bits per heavy atom. The summed E-state index contributed by atoms with van der Waals surface area (Å²) in [4.78, 5) is 9.53. The minimum atomic E-state index is -4.57. The van der Waals surface area contributed by atoms with Gasteiger partial charge >= 0.3 is 6.18 Å². The third-order valence-electron chi connectivity index (χ3n) is 7.28.